The highest BCUT2D eigenvalue weighted by Gasteiger charge is 2.28. The zero-order valence-electron chi connectivity index (χ0n) is 15.8. The van der Waals surface area contributed by atoms with E-state index < -0.39 is 5.91 Å². The van der Waals surface area contributed by atoms with Gasteiger partial charge in [-0.25, -0.2) is 4.39 Å². The van der Waals surface area contributed by atoms with E-state index in [0.717, 1.165) is 11.3 Å². The van der Waals surface area contributed by atoms with Gasteiger partial charge in [0.15, 0.2) is 5.69 Å². The molecule has 0 atom stereocenters. The van der Waals surface area contributed by atoms with Crippen LogP contribution in [0.3, 0.4) is 0 Å². The predicted octanol–water partition coefficient (Wildman–Crippen LogP) is 2.94. The lowest BCUT2D eigenvalue weighted by molar-refractivity contribution is 0.0682. The summed E-state index contributed by atoms with van der Waals surface area (Å²) in [4.78, 5) is 27.1. The molecule has 8 heteroatoms. The number of anilines is 1. The zero-order chi connectivity index (χ0) is 20.4. The number of fused-ring (bicyclic) bond motifs is 1. The topological polar surface area (TPSA) is 76.5 Å². The summed E-state index contributed by atoms with van der Waals surface area (Å²) in [7, 11) is 1.60. The Morgan fingerprint density at radius 3 is 2.69 bits per heavy atom. The number of hydrogen-bond donors (Lipinski definition) is 1. The van der Waals surface area contributed by atoms with Gasteiger partial charge in [-0.15, -0.1) is 0 Å². The molecule has 1 aromatic heterocycles. The molecule has 148 valence electrons. The molecule has 0 fully saturated rings. The van der Waals surface area contributed by atoms with E-state index in [9.17, 15) is 14.0 Å². The van der Waals surface area contributed by atoms with Crippen molar-refractivity contribution < 1.29 is 18.7 Å². The van der Waals surface area contributed by atoms with E-state index in [1.807, 2.05) is 24.3 Å². The highest BCUT2D eigenvalue weighted by Crippen LogP contribution is 2.22. The van der Waals surface area contributed by atoms with Crippen LogP contribution in [0.15, 0.2) is 54.6 Å². The van der Waals surface area contributed by atoms with Crippen LogP contribution in [0.1, 0.15) is 26.5 Å². The molecule has 7 nitrogen and oxygen atoms in total. The second kappa shape index (κ2) is 7.75. The summed E-state index contributed by atoms with van der Waals surface area (Å²) >= 11 is 0. The van der Waals surface area contributed by atoms with E-state index in [2.05, 4.69) is 10.4 Å². The fourth-order valence-electron chi connectivity index (χ4n) is 3.27. The average molecular weight is 394 g/mol. The normalized spacial score (nSPS) is 13.2. The van der Waals surface area contributed by atoms with Crippen molar-refractivity contribution in [3.8, 4) is 5.75 Å². The van der Waals surface area contributed by atoms with Crippen molar-refractivity contribution in [2.75, 3.05) is 19.0 Å². The number of benzene rings is 2. The number of nitrogens with zero attached hydrogens (tertiary/aromatic N) is 3. The third-order valence-corrected chi connectivity index (χ3v) is 4.76. The Hall–Kier alpha value is -3.68. The van der Waals surface area contributed by atoms with Crippen LogP contribution >= 0.6 is 0 Å². The number of methoxy groups -OCH3 is 1. The molecule has 0 aliphatic carbocycles. The summed E-state index contributed by atoms with van der Waals surface area (Å²) in [5.41, 5.74) is 1.85. The second-order valence-corrected chi connectivity index (χ2v) is 6.64. The molecule has 0 saturated carbocycles. The van der Waals surface area contributed by atoms with E-state index in [4.69, 9.17) is 4.74 Å². The molecular formula is C21H19FN4O3. The van der Waals surface area contributed by atoms with Crippen molar-refractivity contribution in [2.45, 2.75) is 13.1 Å². The Bertz CT molecular complexity index is 1060. The molecule has 0 spiro atoms. The number of ether oxygens (including phenoxy) is 1. The highest BCUT2D eigenvalue weighted by atomic mass is 19.1. The molecule has 2 aromatic carbocycles. The lowest BCUT2D eigenvalue weighted by Crippen LogP contribution is -2.39. The van der Waals surface area contributed by atoms with Crippen LogP contribution in [0, 0.1) is 5.82 Å². The van der Waals surface area contributed by atoms with Gasteiger partial charge < -0.3 is 15.0 Å². The third kappa shape index (κ3) is 3.82. The van der Waals surface area contributed by atoms with Crippen molar-refractivity contribution in [3.63, 3.8) is 0 Å². The Kier molecular flexibility index (Phi) is 4.99. The number of hydrogen-bond acceptors (Lipinski definition) is 4. The maximum Gasteiger partial charge on any atom is 0.276 e. The molecule has 0 radical (unpaired) electrons. The largest absolute Gasteiger partial charge is 0.496 e. The maximum absolute atomic E-state index is 13.0. The van der Waals surface area contributed by atoms with Crippen LogP contribution in [0.25, 0.3) is 0 Å². The first-order valence-corrected chi connectivity index (χ1v) is 9.11. The van der Waals surface area contributed by atoms with Gasteiger partial charge in [-0.05, 0) is 30.3 Å². The zero-order valence-corrected chi connectivity index (χ0v) is 15.8. The molecule has 0 saturated heterocycles. The van der Waals surface area contributed by atoms with E-state index in [1.165, 1.54) is 30.3 Å². The van der Waals surface area contributed by atoms with Gasteiger partial charge in [0.25, 0.3) is 11.8 Å². The Labute approximate surface area is 166 Å². The first-order chi connectivity index (χ1) is 14.0. The molecule has 2 amide bonds. The van der Waals surface area contributed by atoms with Crippen LogP contribution in [-0.2, 0) is 13.1 Å². The summed E-state index contributed by atoms with van der Waals surface area (Å²) in [6.45, 7) is 1.37. The number of halogens is 1. The van der Waals surface area contributed by atoms with Crippen LogP contribution in [-0.4, -0.2) is 40.1 Å². The van der Waals surface area contributed by atoms with Gasteiger partial charge in [0, 0.05) is 30.4 Å². The number of rotatable bonds is 5. The van der Waals surface area contributed by atoms with Gasteiger partial charge in [-0.1, -0.05) is 18.2 Å². The summed E-state index contributed by atoms with van der Waals surface area (Å²) in [6, 6.07) is 14.5. The van der Waals surface area contributed by atoms with Crippen LogP contribution in [0.5, 0.6) is 5.75 Å². The molecule has 2 heterocycles. The molecule has 1 aliphatic rings. The number of aromatic nitrogens is 2. The van der Waals surface area contributed by atoms with Gasteiger partial charge in [0.1, 0.15) is 17.3 Å². The molecule has 1 N–H and O–H groups in total. The van der Waals surface area contributed by atoms with Gasteiger partial charge >= 0.3 is 0 Å². The van der Waals surface area contributed by atoms with E-state index in [-0.39, 0.29) is 17.4 Å². The van der Waals surface area contributed by atoms with Crippen molar-refractivity contribution >= 4 is 17.5 Å². The standard InChI is InChI=1S/C21H19FN4O3/c1-29-19-5-3-2-4-14(19)13-25-10-11-26-18(21(25)28)12-17(24-26)20(27)23-16-8-6-15(22)7-9-16/h2-9,12H,10-11,13H2,1H3,(H,23,27). The lowest BCUT2D eigenvalue weighted by atomic mass is 10.1. The van der Waals surface area contributed by atoms with Crippen molar-refractivity contribution in [1.29, 1.82) is 0 Å². The second-order valence-electron chi connectivity index (χ2n) is 6.64. The van der Waals surface area contributed by atoms with E-state index in [0.29, 0.717) is 31.0 Å². The maximum atomic E-state index is 13.0. The number of carbonyl (C=O) groups is 2. The van der Waals surface area contributed by atoms with E-state index >= 15 is 0 Å². The monoisotopic (exact) mass is 394 g/mol. The summed E-state index contributed by atoms with van der Waals surface area (Å²) < 4.78 is 19.9. The minimum Gasteiger partial charge on any atom is -0.496 e. The Morgan fingerprint density at radius 2 is 1.93 bits per heavy atom. The highest BCUT2D eigenvalue weighted by molar-refractivity contribution is 6.04. The van der Waals surface area contributed by atoms with Crippen LogP contribution < -0.4 is 10.1 Å². The Balaban J connectivity index is 1.50. The number of nitrogens with one attached hydrogen (secondary N) is 1. The smallest absolute Gasteiger partial charge is 0.276 e. The van der Waals surface area contributed by atoms with E-state index in [1.54, 1.807) is 16.7 Å². The quantitative estimate of drug-likeness (QED) is 0.722. The SMILES string of the molecule is COc1ccccc1CN1CCn2nc(C(=O)Nc3ccc(F)cc3)cc2C1=O. The minimum atomic E-state index is -0.456. The summed E-state index contributed by atoms with van der Waals surface area (Å²) in [5, 5.41) is 6.90. The van der Waals surface area contributed by atoms with Gasteiger partial charge in [-0.2, -0.15) is 5.10 Å². The van der Waals surface area contributed by atoms with Gasteiger partial charge in [-0.3, -0.25) is 14.3 Å². The van der Waals surface area contributed by atoms with Gasteiger partial charge in [0.2, 0.25) is 0 Å². The average Bonchev–Trinajstić information content (AvgIpc) is 3.17. The van der Waals surface area contributed by atoms with Crippen LogP contribution in [0.4, 0.5) is 10.1 Å². The molecule has 0 bridgehead atoms. The number of para-hydroxylation sites is 1. The molecule has 3 aromatic rings. The first-order valence-electron chi connectivity index (χ1n) is 9.11. The third-order valence-electron chi connectivity index (χ3n) is 4.76. The van der Waals surface area contributed by atoms with Crippen LogP contribution in [0.2, 0.25) is 0 Å². The summed E-state index contributed by atoms with van der Waals surface area (Å²) in [6.07, 6.45) is 0. The van der Waals surface area contributed by atoms with Crippen molar-refractivity contribution in [1.82, 2.24) is 14.7 Å². The van der Waals surface area contributed by atoms with Crippen molar-refractivity contribution in [2.24, 2.45) is 0 Å². The minimum absolute atomic E-state index is 0.136. The molecule has 29 heavy (non-hydrogen) atoms. The predicted molar refractivity (Wildman–Crippen MR) is 104 cm³/mol. The summed E-state index contributed by atoms with van der Waals surface area (Å²) in [5.74, 6) is -0.321. The molecule has 4 rings (SSSR count). The van der Waals surface area contributed by atoms with Gasteiger partial charge in [0.05, 0.1) is 13.7 Å². The fourth-order valence-corrected chi connectivity index (χ4v) is 3.27. The molecular weight excluding hydrogens is 375 g/mol. The Morgan fingerprint density at radius 1 is 1.17 bits per heavy atom. The number of carbonyl (C=O) groups excluding carboxylic acids is 2. The lowest BCUT2D eigenvalue weighted by Gasteiger charge is -2.28. The number of amides is 2. The first kappa shape index (κ1) is 18.7. The van der Waals surface area contributed by atoms with Crippen molar-refractivity contribution in [3.05, 3.63) is 77.4 Å². The molecule has 0 unspecified atom stereocenters. The fraction of sp³-hybridized carbons (Fsp3) is 0.190. The molecule has 1 aliphatic heterocycles.